The normalized spacial score (nSPS) is 16.3. The summed E-state index contributed by atoms with van der Waals surface area (Å²) in [5, 5.41) is 0. The fourth-order valence-electron chi connectivity index (χ4n) is 1.27. The molecular formula is C8H10N2. The van der Waals surface area contributed by atoms with Crippen LogP contribution in [0.4, 0.5) is 0 Å². The molecule has 2 heterocycles. The molecule has 0 saturated heterocycles. The lowest BCUT2D eigenvalue weighted by Gasteiger charge is -2.10. The van der Waals surface area contributed by atoms with Gasteiger partial charge in [-0.15, -0.1) is 0 Å². The monoisotopic (exact) mass is 134 g/mol. The molecule has 1 aliphatic rings. The Labute approximate surface area is 60.2 Å². The topological polar surface area (TPSA) is 17.8 Å². The molecule has 2 rings (SSSR count). The minimum Gasteiger partial charge on any atom is -0.311 e. The molecule has 2 heteroatoms. The predicted molar refractivity (Wildman–Crippen MR) is 40.5 cm³/mol. The molecule has 0 aliphatic carbocycles. The van der Waals surface area contributed by atoms with Crippen molar-refractivity contribution in [1.29, 1.82) is 0 Å². The van der Waals surface area contributed by atoms with E-state index in [1.54, 1.807) is 0 Å². The summed E-state index contributed by atoms with van der Waals surface area (Å²) in [4.78, 5) is 4.21. The zero-order valence-electron chi connectivity index (χ0n) is 6.04. The second-order valence-electron chi connectivity index (χ2n) is 2.73. The Hall–Kier alpha value is -1.05. The van der Waals surface area contributed by atoms with Crippen LogP contribution >= 0.6 is 0 Å². The van der Waals surface area contributed by atoms with Gasteiger partial charge in [0.15, 0.2) is 0 Å². The highest BCUT2D eigenvalue weighted by molar-refractivity contribution is 5.34. The van der Waals surface area contributed by atoms with E-state index in [-0.39, 0.29) is 0 Å². The summed E-state index contributed by atoms with van der Waals surface area (Å²) in [5.74, 6) is 1.19. The first-order valence-corrected chi connectivity index (χ1v) is 3.55. The second kappa shape index (κ2) is 1.97. The minimum atomic E-state index is 1.09. The van der Waals surface area contributed by atoms with Crippen LogP contribution in [0.1, 0.15) is 19.2 Å². The number of aryl methyl sites for hydroxylation is 1. The highest BCUT2D eigenvalue weighted by Crippen LogP contribution is 2.14. The fourth-order valence-corrected chi connectivity index (χ4v) is 1.27. The summed E-state index contributed by atoms with van der Waals surface area (Å²) in [7, 11) is 0. The molecule has 0 unspecified atom stereocenters. The number of fused-ring (bicyclic) bond motifs is 1. The molecule has 1 aromatic heterocycles. The Morgan fingerprint density at radius 2 is 2.40 bits per heavy atom. The molecule has 2 nitrogen and oxygen atoms in total. The van der Waals surface area contributed by atoms with Crippen LogP contribution in [0.25, 0.3) is 6.20 Å². The van der Waals surface area contributed by atoms with E-state index in [1.165, 1.54) is 11.4 Å². The Kier molecular flexibility index (Phi) is 1.13. The fraction of sp³-hybridized carbons (Fsp3) is 0.375. The van der Waals surface area contributed by atoms with Crippen LogP contribution in [0.5, 0.6) is 0 Å². The predicted octanol–water partition coefficient (Wildman–Crippen LogP) is 1.69. The van der Waals surface area contributed by atoms with Crippen molar-refractivity contribution in [3.05, 3.63) is 23.8 Å². The first-order chi connectivity index (χ1) is 4.86. The van der Waals surface area contributed by atoms with Crippen molar-refractivity contribution in [2.75, 3.05) is 0 Å². The molecule has 0 radical (unpaired) electrons. The average molecular weight is 134 g/mol. The molecule has 0 N–H and O–H groups in total. The zero-order valence-corrected chi connectivity index (χ0v) is 6.04. The van der Waals surface area contributed by atoms with Gasteiger partial charge >= 0.3 is 0 Å². The van der Waals surface area contributed by atoms with E-state index in [9.17, 15) is 0 Å². The number of nitrogens with zero attached hydrogens (tertiary/aromatic N) is 2. The molecule has 0 amide bonds. The maximum absolute atomic E-state index is 4.21. The van der Waals surface area contributed by atoms with E-state index >= 15 is 0 Å². The first kappa shape index (κ1) is 5.71. The molecule has 0 aromatic carbocycles. The first-order valence-electron chi connectivity index (χ1n) is 3.55. The van der Waals surface area contributed by atoms with Crippen LogP contribution in [0.15, 0.2) is 18.0 Å². The van der Waals surface area contributed by atoms with Crippen LogP contribution in [-0.2, 0) is 6.42 Å². The van der Waals surface area contributed by atoms with Gasteiger partial charge in [-0.05, 0) is 13.3 Å². The molecule has 52 valence electrons. The van der Waals surface area contributed by atoms with Gasteiger partial charge in [-0.25, -0.2) is 4.98 Å². The molecule has 1 aliphatic heterocycles. The Morgan fingerprint density at radius 3 is 3.30 bits per heavy atom. The molecule has 0 fully saturated rings. The summed E-state index contributed by atoms with van der Waals surface area (Å²) in [6.45, 7) is 2.16. The lowest BCUT2D eigenvalue weighted by Crippen LogP contribution is -2.02. The van der Waals surface area contributed by atoms with Crippen molar-refractivity contribution in [2.45, 2.75) is 19.8 Å². The zero-order chi connectivity index (χ0) is 6.97. The third-order valence-corrected chi connectivity index (χ3v) is 1.85. The number of hydrogen-bond donors (Lipinski definition) is 0. The van der Waals surface area contributed by atoms with E-state index in [2.05, 4.69) is 22.7 Å². The highest BCUT2D eigenvalue weighted by atomic mass is 15.0. The van der Waals surface area contributed by atoms with Gasteiger partial charge in [0.1, 0.15) is 5.82 Å². The van der Waals surface area contributed by atoms with Gasteiger partial charge in [-0.3, -0.25) is 0 Å². The average Bonchev–Trinajstić information content (AvgIpc) is 2.33. The summed E-state index contributed by atoms with van der Waals surface area (Å²) in [5.41, 5.74) is 1.44. The van der Waals surface area contributed by atoms with Gasteiger partial charge in [0, 0.05) is 25.0 Å². The molecule has 0 atom stereocenters. The van der Waals surface area contributed by atoms with Gasteiger partial charge in [0.05, 0.1) is 0 Å². The lowest BCUT2D eigenvalue weighted by molar-refractivity contribution is 0.804. The van der Waals surface area contributed by atoms with Gasteiger partial charge in [-0.2, -0.15) is 0 Å². The molecule has 0 bridgehead atoms. The van der Waals surface area contributed by atoms with Crippen molar-refractivity contribution >= 4 is 6.20 Å². The third-order valence-electron chi connectivity index (χ3n) is 1.85. The summed E-state index contributed by atoms with van der Waals surface area (Å²) >= 11 is 0. The van der Waals surface area contributed by atoms with Crippen molar-refractivity contribution < 1.29 is 0 Å². The lowest BCUT2D eigenvalue weighted by atomic mass is 10.1. The SMILES string of the molecule is CC1=Cn2ccnc2CC1. The molecule has 0 saturated carbocycles. The molecule has 10 heavy (non-hydrogen) atoms. The Bertz CT molecular complexity index is 271. The quantitative estimate of drug-likeness (QED) is 0.528. The number of rotatable bonds is 0. The second-order valence-corrected chi connectivity index (χ2v) is 2.73. The van der Waals surface area contributed by atoms with E-state index in [0.29, 0.717) is 0 Å². The van der Waals surface area contributed by atoms with Crippen LogP contribution < -0.4 is 0 Å². The van der Waals surface area contributed by atoms with Gasteiger partial charge < -0.3 is 4.57 Å². The maximum atomic E-state index is 4.21. The van der Waals surface area contributed by atoms with Crippen LogP contribution in [0.3, 0.4) is 0 Å². The van der Waals surface area contributed by atoms with Crippen LogP contribution in [-0.4, -0.2) is 9.55 Å². The molecule has 0 spiro atoms. The van der Waals surface area contributed by atoms with E-state index < -0.39 is 0 Å². The summed E-state index contributed by atoms with van der Waals surface area (Å²) < 4.78 is 2.10. The van der Waals surface area contributed by atoms with E-state index in [0.717, 1.165) is 12.8 Å². The molecular weight excluding hydrogens is 124 g/mol. The van der Waals surface area contributed by atoms with Gasteiger partial charge in [0.2, 0.25) is 0 Å². The summed E-state index contributed by atoms with van der Waals surface area (Å²) in [6.07, 6.45) is 8.25. The van der Waals surface area contributed by atoms with Gasteiger partial charge in [-0.1, -0.05) is 5.57 Å². The Morgan fingerprint density at radius 1 is 1.50 bits per heavy atom. The minimum absolute atomic E-state index is 1.09. The maximum Gasteiger partial charge on any atom is 0.113 e. The van der Waals surface area contributed by atoms with Crippen molar-refractivity contribution in [3.63, 3.8) is 0 Å². The number of hydrogen-bond acceptors (Lipinski definition) is 1. The number of aromatic nitrogens is 2. The summed E-state index contributed by atoms with van der Waals surface area (Å²) in [6, 6.07) is 0. The van der Waals surface area contributed by atoms with Gasteiger partial charge in [0.25, 0.3) is 0 Å². The van der Waals surface area contributed by atoms with Crippen molar-refractivity contribution in [1.82, 2.24) is 9.55 Å². The standard InChI is InChI=1S/C8H10N2/c1-7-2-3-8-9-4-5-10(8)6-7/h4-6H,2-3H2,1H3. The van der Waals surface area contributed by atoms with E-state index in [4.69, 9.17) is 0 Å². The third kappa shape index (κ3) is 0.764. The highest BCUT2D eigenvalue weighted by Gasteiger charge is 2.06. The number of imidazole rings is 1. The van der Waals surface area contributed by atoms with Crippen molar-refractivity contribution in [3.8, 4) is 0 Å². The van der Waals surface area contributed by atoms with E-state index in [1.807, 2.05) is 12.4 Å². The number of allylic oxidation sites excluding steroid dienone is 1. The smallest absolute Gasteiger partial charge is 0.113 e. The molecule has 1 aromatic rings. The van der Waals surface area contributed by atoms with Crippen molar-refractivity contribution in [2.24, 2.45) is 0 Å². The Balaban J connectivity index is 2.50. The van der Waals surface area contributed by atoms with Crippen LogP contribution in [0, 0.1) is 0 Å². The largest absolute Gasteiger partial charge is 0.311 e. The van der Waals surface area contributed by atoms with Crippen LogP contribution in [0.2, 0.25) is 0 Å².